The van der Waals surface area contributed by atoms with Gasteiger partial charge in [0.1, 0.15) is 11.6 Å². The molecule has 0 aromatic carbocycles. The average Bonchev–Trinajstić information content (AvgIpc) is 2.26. The van der Waals surface area contributed by atoms with Gasteiger partial charge < -0.3 is 10.1 Å². The Morgan fingerprint density at radius 1 is 1.50 bits per heavy atom. The van der Waals surface area contributed by atoms with Gasteiger partial charge in [-0.15, -0.1) is 11.6 Å². The van der Waals surface area contributed by atoms with Gasteiger partial charge in [-0.25, -0.2) is 4.98 Å². The Kier molecular flexibility index (Phi) is 5.32. The molecule has 1 aromatic heterocycles. The Morgan fingerprint density at radius 2 is 2.25 bits per heavy atom. The number of ether oxygens (including phenoxy) is 1. The molecule has 0 saturated carbocycles. The van der Waals surface area contributed by atoms with Crippen LogP contribution in [-0.4, -0.2) is 29.5 Å². The zero-order chi connectivity index (χ0) is 12.0. The summed E-state index contributed by atoms with van der Waals surface area (Å²) in [6, 6.07) is 1.79. The normalized spacial score (nSPS) is 12.2. The molecule has 1 aromatic rings. The third-order valence-corrected chi connectivity index (χ3v) is 2.48. The number of nitrogens with zero attached hydrogens (tertiary/aromatic N) is 2. The Balaban J connectivity index is 2.56. The highest BCUT2D eigenvalue weighted by molar-refractivity contribution is 6.17. The molecule has 1 rings (SSSR count). The first-order valence-electron chi connectivity index (χ1n) is 5.35. The van der Waals surface area contributed by atoms with Crippen molar-refractivity contribution in [2.45, 2.75) is 20.3 Å². The van der Waals surface area contributed by atoms with Crippen LogP contribution in [0.25, 0.3) is 0 Å². The lowest BCUT2D eigenvalue weighted by Gasteiger charge is -2.12. The van der Waals surface area contributed by atoms with Gasteiger partial charge >= 0.3 is 0 Å². The van der Waals surface area contributed by atoms with Crippen molar-refractivity contribution in [3.8, 4) is 5.88 Å². The highest BCUT2D eigenvalue weighted by Gasteiger charge is 2.04. The van der Waals surface area contributed by atoms with E-state index in [1.165, 1.54) is 0 Å². The van der Waals surface area contributed by atoms with Gasteiger partial charge in [0, 0.05) is 18.5 Å². The Morgan fingerprint density at radius 3 is 2.88 bits per heavy atom. The number of aryl methyl sites for hydroxylation is 1. The highest BCUT2D eigenvalue weighted by atomic mass is 35.5. The fraction of sp³-hybridized carbons (Fsp3) is 0.636. The van der Waals surface area contributed by atoms with E-state index in [-0.39, 0.29) is 0 Å². The second kappa shape index (κ2) is 6.53. The maximum Gasteiger partial charge on any atom is 0.218 e. The molecule has 0 spiro atoms. The molecular weight excluding hydrogens is 226 g/mol. The summed E-state index contributed by atoms with van der Waals surface area (Å²) in [5, 5.41) is 3.26. The quantitative estimate of drug-likeness (QED) is 0.780. The van der Waals surface area contributed by atoms with E-state index < -0.39 is 0 Å². The SMILES string of the molecule is COc1cc(NCC(C)CCCl)nc(C)n1. The molecule has 90 valence electrons. The van der Waals surface area contributed by atoms with Crippen LogP contribution >= 0.6 is 11.6 Å². The van der Waals surface area contributed by atoms with Crippen molar-refractivity contribution in [3.05, 3.63) is 11.9 Å². The number of hydrogen-bond donors (Lipinski definition) is 1. The molecule has 0 aliphatic rings. The zero-order valence-corrected chi connectivity index (χ0v) is 10.7. The largest absolute Gasteiger partial charge is 0.481 e. The van der Waals surface area contributed by atoms with Crippen molar-refractivity contribution >= 4 is 17.4 Å². The van der Waals surface area contributed by atoms with Gasteiger partial charge in [-0.2, -0.15) is 4.98 Å². The molecule has 0 aliphatic carbocycles. The summed E-state index contributed by atoms with van der Waals surface area (Å²) < 4.78 is 5.08. The summed E-state index contributed by atoms with van der Waals surface area (Å²) in [6.45, 7) is 4.85. The van der Waals surface area contributed by atoms with Crippen molar-refractivity contribution in [1.82, 2.24) is 9.97 Å². The van der Waals surface area contributed by atoms with E-state index >= 15 is 0 Å². The smallest absolute Gasteiger partial charge is 0.218 e. The first kappa shape index (κ1) is 13.0. The van der Waals surface area contributed by atoms with Crippen LogP contribution in [0.4, 0.5) is 5.82 Å². The predicted octanol–water partition coefficient (Wildman–Crippen LogP) is 2.47. The predicted molar refractivity (Wildman–Crippen MR) is 66.3 cm³/mol. The van der Waals surface area contributed by atoms with Gasteiger partial charge in [0.15, 0.2) is 0 Å². The molecule has 0 fully saturated rings. The average molecular weight is 244 g/mol. The van der Waals surface area contributed by atoms with E-state index in [4.69, 9.17) is 16.3 Å². The van der Waals surface area contributed by atoms with E-state index in [1.807, 2.05) is 6.92 Å². The maximum absolute atomic E-state index is 5.68. The minimum atomic E-state index is 0.527. The van der Waals surface area contributed by atoms with Crippen molar-refractivity contribution in [2.75, 3.05) is 24.9 Å². The van der Waals surface area contributed by atoms with Crippen molar-refractivity contribution in [2.24, 2.45) is 5.92 Å². The van der Waals surface area contributed by atoms with Crippen LogP contribution < -0.4 is 10.1 Å². The number of aromatic nitrogens is 2. The molecule has 0 amide bonds. The molecule has 0 saturated heterocycles. The monoisotopic (exact) mass is 243 g/mol. The molecule has 16 heavy (non-hydrogen) atoms. The van der Waals surface area contributed by atoms with E-state index in [1.54, 1.807) is 13.2 Å². The molecule has 5 heteroatoms. The molecule has 1 unspecified atom stereocenters. The topological polar surface area (TPSA) is 47.0 Å². The van der Waals surface area contributed by atoms with Gasteiger partial charge in [-0.3, -0.25) is 0 Å². The van der Waals surface area contributed by atoms with Gasteiger partial charge in [0.05, 0.1) is 7.11 Å². The number of methoxy groups -OCH3 is 1. The lowest BCUT2D eigenvalue weighted by atomic mass is 10.1. The summed E-state index contributed by atoms with van der Waals surface area (Å²) in [6.07, 6.45) is 0.996. The van der Waals surface area contributed by atoms with Gasteiger partial charge in [-0.1, -0.05) is 6.92 Å². The molecule has 1 heterocycles. The number of nitrogens with one attached hydrogen (secondary N) is 1. The van der Waals surface area contributed by atoms with Crippen LogP contribution in [0, 0.1) is 12.8 Å². The number of anilines is 1. The third kappa shape index (κ3) is 4.23. The summed E-state index contributed by atoms with van der Waals surface area (Å²) in [5.74, 6) is 3.30. The van der Waals surface area contributed by atoms with Crippen LogP contribution in [0.2, 0.25) is 0 Å². The summed E-state index contributed by atoms with van der Waals surface area (Å²) in [5.41, 5.74) is 0. The summed E-state index contributed by atoms with van der Waals surface area (Å²) in [4.78, 5) is 8.40. The number of halogens is 1. The van der Waals surface area contributed by atoms with Crippen LogP contribution in [0.1, 0.15) is 19.2 Å². The first-order chi connectivity index (χ1) is 7.65. The standard InChI is InChI=1S/C11H18ClN3O/c1-8(4-5-12)7-13-10-6-11(16-3)15-9(2)14-10/h6,8H,4-5,7H2,1-3H3,(H,13,14,15). The molecular formula is C11H18ClN3O. The van der Waals surface area contributed by atoms with Gasteiger partial charge in [0.25, 0.3) is 0 Å². The number of alkyl halides is 1. The van der Waals surface area contributed by atoms with Gasteiger partial charge in [-0.05, 0) is 19.3 Å². The number of hydrogen-bond acceptors (Lipinski definition) is 4. The molecule has 4 nitrogen and oxygen atoms in total. The second-order valence-electron chi connectivity index (χ2n) is 3.81. The Hall–Kier alpha value is -1.03. The van der Waals surface area contributed by atoms with Crippen LogP contribution in [-0.2, 0) is 0 Å². The van der Waals surface area contributed by atoms with Crippen LogP contribution in [0.5, 0.6) is 5.88 Å². The lowest BCUT2D eigenvalue weighted by Crippen LogP contribution is -2.13. The first-order valence-corrected chi connectivity index (χ1v) is 5.88. The van der Waals surface area contributed by atoms with Gasteiger partial charge in [0.2, 0.25) is 5.88 Å². The Bertz CT molecular complexity index is 333. The molecule has 0 bridgehead atoms. The fourth-order valence-electron chi connectivity index (χ4n) is 1.30. The zero-order valence-electron chi connectivity index (χ0n) is 9.96. The van der Waals surface area contributed by atoms with Crippen molar-refractivity contribution < 1.29 is 4.74 Å². The fourth-order valence-corrected chi connectivity index (χ4v) is 1.68. The van der Waals surface area contributed by atoms with Crippen LogP contribution in [0.15, 0.2) is 6.07 Å². The highest BCUT2D eigenvalue weighted by Crippen LogP contribution is 2.13. The van der Waals surface area contributed by atoms with E-state index in [2.05, 4.69) is 22.2 Å². The minimum absolute atomic E-state index is 0.527. The maximum atomic E-state index is 5.68. The van der Waals surface area contributed by atoms with Crippen LogP contribution in [0.3, 0.4) is 0 Å². The van der Waals surface area contributed by atoms with E-state index in [9.17, 15) is 0 Å². The Labute approximate surface area is 101 Å². The van der Waals surface area contributed by atoms with Crippen molar-refractivity contribution in [1.29, 1.82) is 0 Å². The minimum Gasteiger partial charge on any atom is -0.481 e. The summed E-state index contributed by atoms with van der Waals surface area (Å²) >= 11 is 5.68. The molecule has 0 aliphatic heterocycles. The molecule has 1 N–H and O–H groups in total. The molecule has 1 atom stereocenters. The number of rotatable bonds is 6. The summed E-state index contributed by atoms with van der Waals surface area (Å²) in [7, 11) is 1.60. The van der Waals surface area contributed by atoms with E-state index in [0.29, 0.717) is 23.5 Å². The lowest BCUT2D eigenvalue weighted by molar-refractivity contribution is 0.396. The third-order valence-electron chi connectivity index (χ3n) is 2.26. The molecule has 0 radical (unpaired) electrons. The second-order valence-corrected chi connectivity index (χ2v) is 4.18. The van der Waals surface area contributed by atoms with Crippen molar-refractivity contribution in [3.63, 3.8) is 0 Å². The van der Waals surface area contributed by atoms with E-state index in [0.717, 1.165) is 18.8 Å².